The van der Waals surface area contributed by atoms with Gasteiger partial charge in [0, 0.05) is 5.69 Å². The monoisotopic (exact) mass is 236 g/mol. The van der Waals surface area contributed by atoms with Crippen LogP contribution in [-0.2, 0) is 4.79 Å². The number of benzene rings is 1. The molecule has 0 radical (unpaired) electrons. The Balaban J connectivity index is 2.03. The summed E-state index contributed by atoms with van der Waals surface area (Å²) in [6, 6.07) is 5.82. The first-order valence-corrected chi connectivity index (χ1v) is 5.92. The van der Waals surface area contributed by atoms with Crippen molar-refractivity contribution < 1.29 is 9.18 Å². The number of hydrogen-bond donors (Lipinski definition) is 2. The highest BCUT2D eigenvalue weighted by atomic mass is 19.1. The molecule has 2 rings (SSSR count). The van der Waals surface area contributed by atoms with Crippen LogP contribution in [0.2, 0.25) is 0 Å². The number of anilines is 1. The van der Waals surface area contributed by atoms with Crippen molar-refractivity contribution in [3.63, 3.8) is 0 Å². The van der Waals surface area contributed by atoms with Crippen molar-refractivity contribution in [1.29, 1.82) is 0 Å². The molecule has 1 aliphatic heterocycles. The zero-order valence-corrected chi connectivity index (χ0v) is 9.92. The topological polar surface area (TPSA) is 41.1 Å². The summed E-state index contributed by atoms with van der Waals surface area (Å²) in [6.45, 7) is 2.78. The van der Waals surface area contributed by atoms with Crippen LogP contribution in [0, 0.1) is 5.82 Å². The van der Waals surface area contributed by atoms with Crippen LogP contribution in [0.5, 0.6) is 0 Å². The molecule has 1 saturated heterocycles. The summed E-state index contributed by atoms with van der Waals surface area (Å²) in [5, 5.41) is 6.05. The van der Waals surface area contributed by atoms with Crippen LogP contribution in [0.25, 0.3) is 0 Å². The predicted molar refractivity (Wildman–Crippen MR) is 65.3 cm³/mol. The van der Waals surface area contributed by atoms with Crippen molar-refractivity contribution >= 4 is 11.6 Å². The SMILES string of the molecule is CC1(C(=O)Nc2ccc(F)cc2)CCCCN1. The van der Waals surface area contributed by atoms with Crippen LogP contribution >= 0.6 is 0 Å². The van der Waals surface area contributed by atoms with Crippen LogP contribution in [0.4, 0.5) is 10.1 Å². The summed E-state index contributed by atoms with van der Waals surface area (Å²) in [7, 11) is 0. The minimum Gasteiger partial charge on any atom is -0.324 e. The molecule has 4 heteroatoms. The van der Waals surface area contributed by atoms with Gasteiger partial charge in [-0.3, -0.25) is 4.79 Å². The molecule has 3 nitrogen and oxygen atoms in total. The Labute approximate surface area is 100 Å². The van der Waals surface area contributed by atoms with E-state index in [4.69, 9.17) is 0 Å². The van der Waals surface area contributed by atoms with Gasteiger partial charge in [0.2, 0.25) is 5.91 Å². The standard InChI is InChI=1S/C13H17FN2O/c1-13(8-2-3-9-15-13)12(17)16-11-6-4-10(14)5-7-11/h4-7,15H,2-3,8-9H2,1H3,(H,16,17). The van der Waals surface area contributed by atoms with Gasteiger partial charge in [-0.05, 0) is 57.0 Å². The molecular weight excluding hydrogens is 219 g/mol. The molecule has 17 heavy (non-hydrogen) atoms. The van der Waals surface area contributed by atoms with Gasteiger partial charge >= 0.3 is 0 Å². The molecule has 1 aliphatic rings. The van der Waals surface area contributed by atoms with Crippen molar-refractivity contribution in [2.45, 2.75) is 31.7 Å². The van der Waals surface area contributed by atoms with Gasteiger partial charge in [0.15, 0.2) is 0 Å². The lowest BCUT2D eigenvalue weighted by atomic mass is 9.90. The zero-order chi connectivity index (χ0) is 12.3. The second-order valence-corrected chi connectivity index (χ2v) is 4.68. The lowest BCUT2D eigenvalue weighted by molar-refractivity contribution is -0.122. The largest absolute Gasteiger partial charge is 0.324 e. The van der Waals surface area contributed by atoms with Crippen LogP contribution in [-0.4, -0.2) is 18.0 Å². The molecular formula is C13H17FN2O. The van der Waals surface area contributed by atoms with Crippen molar-refractivity contribution in [1.82, 2.24) is 5.32 Å². The smallest absolute Gasteiger partial charge is 0.244 e. The maximum absolute atomic E-state index is 12.7. The number of rotatable bonds is 2. The Morgan fingerprint density at radius 1 is 1.35 bits per heavy atom. The lowest BCUT2D eigenvalue weighted by Gasteiger charge is -2.33. The van der Waals surface area contributed by atoms with E-state index in [2.05, 4.69) is 10.6 Å². The molecule has 0 aromatic heterocycles. The van der Waals surface area contributed by atoms with Crippen molar-refractivity contribution in [2.75, 3.05) is 11.9 Å². The quantitative estimate of drug-likeness (QED) is 0.827. The molecule has 1 heterocycles. The highest BCUT2D eigenvalue weighted by molar-refractivity contribution is 5.97. The Kier molecular flexibility index (Phi) is 3.43. The summed E-state index contributed by atoms with van der Waals surface area (Å²) >= 11 is 0. The van der Waals surface area contributed by atoms with Crippen LogP contribution in [0.15, 0.2) is 24.3 Å². The summed E-state index contributed by atoms with van der Waals surface area (Å²) in [5.41, 5.74) is 0.122. The van der Waals surface area contributed by atoms with E-state index in [-0.39, 0.29) is 11.7 Å². The number of carbonyl (C=O) groups excluding carboxylic acids is 1. The van der Waals surface area contributed by atoms with Gasteiger partial charge in [-0.15, -0.1) is 0 Å². The Bertz CT molecular complexity index is 396. The molecule has 0 bridgehead atoms. The van der Waals surface area contributed by atoms with E-state index < -0.39 is 5.54 Å². The fraction of sp³-hybridized carbons (Fsp3) is 0.462. The summed E-state index contributed by atoms with van der Waals surface area (Å²) in [4.78, 5) is 12.1. The minimum atomic E-state index is -0.507. The maximum Gasteiger partial charge on any atom is 0.244 e. The van der Waals surface area contributed by atoms with E-state index in [0.717, 1.165) is 25.8 Å². The van der Waals surface area contributed by atoms with Crippen LogP contribution in [0.1, 0.15) is 26.2 Å². The van der Waals surface area contributed by atoms with Gasteiger partial charge in [-0.25, -0.2) is 4.39 Å². The van der Waals surface area contributed by atoms with E-state index in [9.17, 15) is 9.18 Å². The molecule has 1 fully saturated rings. The molecule has 0 saturated carbocycles. The molecule has 0 spiro atoms. The Morgan fingerprint density at radius 2 is 2.06 bits per heavy atom. The molecule has 1 amide bonds. The molecule has 1 aromatic rings. The number of amides is 1. The van der Waals surface area contributed by atoms with Gasteiger partial charge in [-0.2, -0.15) is 0 Å². The van der Waals surface area contributed by atoms with Gasteiger partial charge in [0.05, 0.1) is 5.54 Å². The number of carbonyl (C=O) groups is 1. The van der Waals surface area contributed by atoms with Crippen molar-refractivity contribution in [2.24, 2.45) is 0 Å². The van der Waals surface area contributed by atoms with E-state index in [1.165, 1.54) is 12.1 Å². The van der Waals surface area contributed by atoms with E-state index >= 15 is 0 Å². The Morgan fingerprint density at radius 3 is 2.65 bits per heavy atom. The lowest BCUT2D eigenvalue weighted by Crippen LogP contribution is -2.54. The summed E-state index contributed by atoms with van der Waals surface area (Å²) in [6.07, 6.45) is 3.00. The molecule has 1 atom stereocenters. The van der Waals surface area contributed by atoms with Gasteiger partial charge in [-0.1, -0.05) is 0 Å². The van der Waals surface area contributed by atoms with Crippen LogP contribution < -0.4 is 10.6 Å². The average molecular weight is 236 g/mol. The fourth-order valence-electron chi connectivity index (χ4n) is 2.05. The highest BCUT2D eigenvalue weighted by Gasteiger charge is 2.34. The molecule has 0 aliphatic carbocycles. The normalized spacial score (nSPS) is 24.4. The van der Waals surface area contributed by atoms with E-state index in [1.54, 1.807) is 12.1 Å². The van der Waals surface area contributed by atoms with Gasteiger partial charge in [0.25, 0.3) is 0 Å². The second kappa shape index (κ2) is 4.84. The average Bonchev–Trinajstić information content (AvgIpc) is 2.33. The summed E-state index contributed by atoms with van der Waals surface area (Å²) in [5.74, 6) is -0.353. The van der Waals surface area contributed by atoms with Crippen molar-refractivity contribution in [3.05, 3.63) is 30.1 Å². The minimum absolute atomic E-state index is 0.0520. The predicted octanol–water partition coefficient (Wildman–Crippen LogP) is 2.30. The van der Waals surface area contributed by atoms with Crippen LogP contribution in [0.3, 0.4) is 0 Å². The molecule has 1 aromatic carbocycles. The molecule has 92 valence electrons. The van der Waals surface area contributed by atoms with E-state index in [1.807, 2.05) is 6.92 Å². The first-order chi connectivity index (χ1) is 8.10. The number of nitrogens with one attached hydrogen (secondary N) is 2. The molecule has 2 N–H and O–H groups in total. The van der Waals surface area contributed by atoms with Gasteiger partial charge < -0.3 is 10.6 Å². The Hall–Kier alpha value is -1.42. The summed E-state index contributed by atoms with van der Waals surface area (Å²) < 4.78 is 12.7. The first-order valence-electron chi connectivity index (χ1n) is 5.92. The third-order valence-corrected chi connectivity index (χ3v) is 3.22. The number of piperidine rings is 1. The van der Waals surface area contributed by atoms with Crippen molar-refractivity contribution in [3.8, 4) is 0 Å². The third kappa shape index (κ3) is 2.82. The number of hydrogen-bond acceptors (Lipinski definition) is 2. The molecule has 1 unspecified atom stereocenters. The zero-order valence-electron chi connectivity index (χ0n) is 9.92. The highest BCUT2D eigenvalue weighted by Crippen LogP contribution is 2.21. The third-order valence-electron chi connectivity index (χ3n) is 3.22. The fourth-order valence-corrected chi connectivity index (χ4v) is 2.05. The number of halogens is 1. The first kappa shape index (κ1) is 12.0. The maximum atomic E-state index is 12.7. The van der Waals surface area contributed by atoms with E-state index in [0.29, 0.717) is 5.69 Å². The van der Waals surface area contributed by atoms with Gasteiger partial charge in [0.1, 0.15) is 5.82 Å². The second-order valence-electron chi connectivity index (χ2n) is 4.68.